The summed E-state index contributed by atoms with van der Waals surface area (Å²) in [5, 5.41) is 20.1. The number of halogens is 2. The van der Waals surface area contributed by atoms with E-state index in [0.29, 0.717) is 54.1 Å². The van der Waals surface area contributed by atoms with E-state index in [1.807, 2.05) is 30.3 Å². The normalized spacial score (nSPS) is 21.6. The molecule has 4 aliphatic rings. The molecule has 0 radical (unpaired) electrons. The number of fused-ring (bicyclic) bond motifs is 4. The number of carbonyl (C=O) groups is 3. The first-order chi connectivity index (χ1) is 18.2. The van der Waals surface area contributed by atoms with Gasteiger partial charge in [0.05, 0.1) is 17.8 Å². The third-order valence-electron chi connectivity index (χ3n) is 6.89. The minimum absolute atomic E-state index is 0.105. The Morgan fingerprint density at radius 1 is 1.03 bits per heavy atom. The quantitative estimate of drug-likeness (QED) is 0.454. The molecule has 4 aliphatic heterocycles. The lowest BCUT2D eigenvalue weighted by Gasteiger charge is -2.45. The van der Waals surface area contributed by atoms with Crippen LogP contribution < -0.4 is 15.0 Å². The molecule has 1 unspecified atom stereocenters. The van der Waals surface area contributed by atoms with Crippen LogP contribution in [0.3, 0.4) is 0 Å². The zero-order valence-corrected chi connectivity index (χ0v) is 22.1. The molecule has 3 saturated heterocycles. The summed E-state index contributed by atoms with van der Waals surface area (Å²) in [5.74, 6) is -1.45. The number of nitrogens with zero attached hydrogens (tertiary/aromatic N) is 2. The molecule has 11 heteroatoms. The molecule has 2 aromatic carbocycles. The van der Waals surface area contributed by atoms with Crippen molar-refractivity contribution in [1.82, 2.24) is 10.2 Å². The standard InChI is InChI=1S/C23H25Cl2N3O2.C4H4O4/c24-17-11-18(23(29)26-20-14-27-7-5-15(20)6-8-27)22-21(12-17)28(9-10-30-22)13-16-3-1-2-4-19(16)25;5-3(6)1-2-4(7)8/h1-4,11-12,15,20H,5-10,13-14H2,(H,26,29);1-2H,(H,5,6)(H,7,8). The number of hydrogen-bond acceptors (Lipinski definition) is 6. The van der Waals surface area contributed by atoms with Gasteiger partial charge >= 0.3 is 11.9 Å². The van der Waals surface area contributed by atoms with Gasteiger partial charge in [-0.05, 0) is 55.6 Å². The lowest BCUT2D eigenvalue weighted by molar-refractivity contribution is -0.134. The number of piperidine rings is 3. The highest BCUT2D eigenvalue weighted by Crippen LogP contribution is 2.39. The average Bonchev–Trinajstić information content (AvgIpc) is 2.90. The predicted octanol–water partition coefficient (Wildman–Crippen LogP) is 3.93. The van der Waals surface area contributed by atoms with Gasteiger partial charge in [-0.3, -0.25) is 4.79 Å². The molecular weight excluding hydrogens is 533 g/mol. The first-order valence-electron chi connectivity index (χ1n) is 12.3. The molecule has 2 bridgehead atoms. The molecule has 2 aromatic rings. The zero-order chi connectivity index (χ0) is 27.2. The fourth-order valence-corrected chi connectivity index (χ4v) is 5.43. The van der Waals surface area contributed by atoms with Crippen molar-refractivity contribution in [2.24, 2.45) is 5.92 Å². The molecule has 38 heavy (non-hydrogen) atoms. The van der Waals surface area contributed by atoms with Crippen LogP contribution in [0.4, 0.5) is 5.69 Å². The van der Waals surface area contributed by atoms with Gasteiger partial charge in [-0.25, -0.2) is 9.59 Å². The summed E-state index contributed by atoms with van der Waals surface area (Å²) in [7, 11) is 0. The Hall–Kier alpha value is -3.27. The topological polar surface area (TPSA) is 119 Å². The number of anilines is 1. The van der Waals surface area contributed by atoms with Crippen molar-refractivity contribution < 1.29 is 29.3 Å². The molecule has 0 aliphatic carbocycles. The number of nitrogens with one attached hydrogen (secondary N) is 1. The van der Waals surface area contributed by atoms with Crippen molar-refractivity contribution in [2.45, 2.75) is 25.4 Å². The molecule has 0 aromatic heterocycles. The van der Waals surface area contributed by atoms with Crippen molar-refractivity contribution >= 4 is 46.7 Å². The number of amides is 1. The highest BCUT2D eigenvalue weighted by molar-refractivity contribution is 6.32. The Bertz CT molecular complexity index is 1210. The van der Waals surface area contributed by atoms with E-state index in [9.17, 15) is 14.4 Å². The summed E-state index contributed by atoms with van der Waals surface area (Å²) in [6.07, 6.45) is 3.42. The van der Waals surface area contributed by atoms with Gasteiger partial charge in [0.15, 0.2) is 5.75 Å². The van der Waals surface area contributed by atoms with Crippen LogP contribution in [-0.2, 0) is 16.1 Å². The van der Waals surface area contributed by atoms with Crippen molar-refractivity contribution in [3.05, 3.63) is 69.7 Å². The van der Waals surface area contributed by atoms with Crippen LogP contribution in [-0.4, -0.2) is 71.8 Å². The molecule has 9 nitrogen and oxygen atoms in total. The fourth-order valence-electron chi connectivity index (χ4n) is 5.03. The van der Waals surface area contributed by atoms with E-state index in [4.69, 9.17) is 38.2 Å². The molecule has 3 N–H and O–H groups in total. The Labute approximate surface area is 230 Å². The predicted molar refractivity (Wildman–Crippen MR) is 144 cm³/mol. The SMILES string of the molecule is O=C(NC1CN2CCC1CC2)c1cc(Cl)cc2c1OCCN2Cc1ccccc1Cl.O=C(O)C=CC(=O)O. The molecule has 0 saturated carbocycles. The van der Waals surface area contributed by atoms with Crippen LogP contribution in [0.15, 0.2) is 48.6 Å². The first-order valence-corrected chi connectivity index (χ1v) is 13.1. The number of aliphatic carboxylic acids is 2. The highest BCUT2D eigenvalue weighted by atomic mass is 35.5. The minimum atomic E-state index is -1.26. The largest absolute Gasteiger partial charge is 0.489 e. The number of carboxylic acids is 2. The number of carboxylic acid groups (broad SMARTS) is 2. The van der Waals surface area contributed by atoms with Gasteiger partial charge in [0.2, 0.25) is 0 Å². The maximum absolute atomic E-state index is 13.2. The average molecular weight is 562 g/mol. The van der Waals surface area contributed by atoms with E-state index < -0.39 is 11.9 Å². The van der Waals surface area contributed by atoms with Gasteiger partial charge in [0, 0.05) is 41.3 Å². The third kappa shape index (κ3) is 6.98. The van der Waals surface area contributed by atoms with Gasteiger partial charge in [0.25, 0.3) is 5.91 Å². The van der Waals surface area contributed by atoms with Crippen LogP contribution >= 0.6 is 23.2 Å². The second-order valence-electron chi connectivity index (χ2n) is 9.39. The van der Waals surface area contributed by atoms with Crippen molar-refractivity contribution in [3.63, 3.8) is 0 Å². The Morgan fingerprint density at radius 3 is 2.32 bits per heavy atom. The van der Waals surface area contributed by atoms with E-state index in [2.05, 4.69) is 15.1 Å². The van der Waals surface area contributed by atoms with E-state index in [-0.39, 0.29) is 11.9 Å². The number of benzene rings is 2. The second kappa shape index (κ2) is 12.5. The van der Waals surface area contributed by atoms with Crippen molar-refractivity contribution in [3.8, 4) is 5.75 Å². The van der Waals surface area contributed by atoms with Crippen molar-refractivity contribution in [1.29, 1.82) is 0 Å². The van der Waals surface area contributed by atoms with Crippen LogP contribution in [0.5, 0.6) is 5.75 Å². The minimum Gasteiger partial charge on any atom is -0.489 e. The molecule has 3 fully saturated rings. The van der Waals surface area contributed by atoms with Crippen LogP contribution in [0.25, 0.3) is 0 Å². The van der Waals surface area contributed by atoms with E-state index in [1.165, 1.54) is 0 Å². The highest BCUT2D eigenvalue weighted by Gasteiger charge is 2.36. The Balaban J connectivity index is 0.000000368. The second-order valence-corrected chi connectivity index (χ2v) is 10.2. The number of ether oxygens (including phenoxy) is 1. The Morgan fingerprint density at radius 2 is 1.71 bits per heavy atom. The smallest absolute Gasteiger partial charge is 0.328 e. The van der Waals surface area contributed by atoms with E-state index >= 15 is 0 Å². The van der Waals surface area contributed by atoms with Crippen molar-refractivity contribution in [2.75, 3.05) is 37.7 Å². The van der Waals surface area contributed by atoms with Gasteiger partial charge in [-0.15, -0.1) is 0 Å². The summed E-state index contributed by atoms with van der Waals surface area (Å²) in [6.45, 7) is 5.07. The van der Waals surface area contributed by atoms with Crippen LogP contribution in [0, 0.1) is 5.92 Å². The third-order valence-corrected chi connectivity index (χ3v) is 7.47. The van der Waals surface area contributed by atoms with E-state index in [0.717, 1.165) is 48.7 Å². The van der Waals surface area contributed by atoms with Gasteiger partial charge in [0.1, 0.15) is 6.61 Å². The summed E-state index contributed by atoms with van der Waals surface area (Å²) in [4.78, 5) is 36.9. The van der Waals surface area contributed by atoms with E-state index in [1.54, 1.807) is 6.07 Å². The van der Waals surface area contributed by atoms with Crippen LogP contribution in [0.2, 0.25) is 10.0 Å². The van der Waals surface area contributed by atoms with Gasteiger partial charge in [-0.2, -0.15) is 0 Å². The molecule has 1 atom stereocenters. The summed E-state index contributed by atoms with van der Waals surface area (Å²) >= 11 is 12.8. The lowest BCUT2D eigenvalue weighted by Crippen LogP contribution is -2.57. The number of hydrogen-bond donors (Lipinski definition) is 3. The molecular formula is C27H29Cl2N3O6. The zero-order valence-electron chi connectivity index (χ0n) is 20.6. The molecule has 202 valence electrons. The van der Waals surface area contributed by atoms with Crippen LogP contribution in [0.1, 0.15) is 28.8 Å². The summed E-state index contributed by atoms with van der Waals surface area (Å²) < 4.78 is 5.98. The van der Waals surface area contributed by atoms with Gasteiger partial charge in [-0.1, -0.05) is 41.4 Å². The Kier molecular flexibility index (Phi) is 9.14. The molecule has 6 rings (SSSR count). The molecule has 0 spiro atoms. The number of rotatable bonds is 6. The lowest BCUT2D eigenvalue weighted by atomic mass is 9.84. The molecule has 4 heterocycles. The number of carbonyl (C=O) groups excluding carboxylic acids is 1. The first kappa shape index (κ1) is 27.8. The van der Waals surface area contributed by atoms with Gasteiger partial charge < -0.3 is 30.1 Å². The fraction of sp³-hybridized carbons (Fsp3) is 0.370. The molecule has 1 amide bonds. The maximum atomic E-state index is 13.2. The summed E-state index contributed by atoms with van der Waals surface area (Å²) in [5.41, 5.74) is 2.39. The summed E-state index contributed by atoms with van der Waals surface area (Å²) in [6, 6.07) is 11.6. The maximum Gasteiger partial charge on any atom is 0.328 e. The monoisotopic (exact) mass is 561 g/mol.